The Hall–Kier alpha value is -1.75. The van der Waals surface area contributed by atoms with E-state index in [1.807, 2.05) is 6.92 Å². The maximum atomic E-state index is 13.2. The fraction of sp³-hybridized carbons (Fsp3) is 0.412. The summed E-state index contributed by atoms with van der Waals surface area (Å²) in [5.74, 6) is 0.340. The van der Waals surface area contributed by atoms with Crippen LogP contribution in [0.15, 0.2) is 36.4 Å². The first-order valence-electron chi connectivity index (χ1n) is 7.22. The molecule has 0 amide bonds. The highest BCUT2D eigenvalue weighted by molar-refractivity contribution is 5.88. The molecule has 0 aromatic heterocycles. The Morgan fingerprint density at radius 2 is 1.82 bits per heavy atom. The van der Waals surface area contributed by atoms with Gasteiger partial charge < -0.3 is 9.84 Å². The van der Waals surface area contributed by atoms with Crippen LogP contribution >= 0.6 is 0 Å². The third-order valence-electron chi connectivity index (χ3n) is 3.68. The summed E-state index contributed by atoms with van der Waals surface area (Å²) >= 11 is 0. The lowest BCUT2D eigenvalue weighted by molar-refractivity contribution is -0.258. The topological polar surface area (TPSA) is 29.5 Å². The molecule has 0 saturated heterocycles. The van der Waals surface area contributed by atoms with Crippen LogP contribution in [0.1, 0.15) is 32.3 Å². The average molecular weight is 312 g/mol. The maximum absolute atomic E-state index is 13.2. The number of unbranched alkanes of at least 4 members (excludes halogenated alkanes) is 1. The van der Waals surface area contributed by atoms with Gasteiger partial charge in [0.1, 0.15) is 5.75 Å². The molecule has 0 heterocycles. The van der Waals surface area contributed by atoms with Crippen LogP contribution in [0.5, 0.6) is 5.75 Å². The predicted molar refractivity (Wildman–Crippen MR) is 80.0 cm³/mol. The first-order chi connectivity index (χ1) is 10.3. The molecule has 22 heavy (non-hydrogen) atoms. The zero-order valence-corrected chi connectivity index (χ0v) is 12.6. The largest absolute Gasteiger partial charge is 0.494 e. The lowest BCUT2D eigenvalue weighted by Crippen LogP contribution is -2.39. The van der Waals surface area contributed by atoms with Crippen molar-refractivity contribution in [1.29, 1.82) is 0 Å². The van der Waals surface area contributed by atoms with Crippen molar-refractivity contribution < 1.29 is 23.0 Å². The monoisotopic (exact) mass is 312 g/mol. The SMILES string of the molecule is CCCCOc1cc(C(C)(O)C(F)(F)F)c2ccccc2c1. The lowest BCUT2D eigenvalue weighted by Gasteiger charge is -2.28. The van der Waals surface area contributed by atoms with Gasteiger partial charge in [0.25, 0.3) is 0 Å². The van der Waals surface area contributed by atoms with Crippen LogP contribution in [0, 0.1) is 0 Å². The van der Waals surface area contributed by atoms with E-state index in [1.165, 1.54) is 6.07 Å². The minimum atomic E-state index is -4.77. The molecule has 0 saturated carbocycles. The smallest absolute Gasteiger partial charge is 0.421 e. The molecule has 2 aromatic carbocycles. The average Bonchev–Trinajstić information content (AvgIpc) is 2.45. The van der Waals surface area contributed by atoms with E-state index in [4.69, 9.17) is 4.74 Å². The van der Waals surface area contributed by atoms with Crippen LogP contribution in [-0.2, 0) is 5.60 Å². The van der Waals surface area contributed by atoms with Gasteiger partial charge in [-0.05, 0) is 36.2 Å². The summed E-state index contributed by atoms with van der Waals surface area (Å²) in [5.41, 5.74) is -3.12. The van der Waals surface area contributed by atoms with Gasteiger partial charge in [-0.15, -0.1) is 0 Å². The van der Waals surface area contributed by atoms with Gasteiger partial charge in [0.15, 0.2) is 5.60 Å². The van der Waals surface area contributed by atoms with Crippen molar-refractivity contribution in [2.45, 2.75) is 38.5 Å². The fourth-order valence-corrected chi connectivity index (χ4v) is 2.26. The zero-order chi connectivity index (χ0) is 16.4. The second-order valence-corrected chi connectivity index (χ2v) is 5.46. The number of alkyl halides is 3. The number of rotatable bonds is 5. The summed E-state index contributed by atoms with van der Waals surface area (Å²) in [6.07, 6.45) is -3.02. The Labute approximate surface area is 127 Å². The zero-order valence-electron chi connectivity index (χ0n) is 12.6. The molecule has 1 N–H and O–H groups in total. The van der Waals surface area contributed by atoms with Crippen LogP contribution in [-0.4, -0.2) is 17.9 Å². The molecule has 120 valence electrons. The summed E-state index contributed by atoms with van der Waals surface area (Å²) in [4.78, 5) is 0. The summed E-state index contributed by atoms with van der Waals surface area (Å²) in [5, 5.41) is 11.0. The number of aliphatic hydroxyl groups is 1. The number of benzene rings is 2. The van der Waals surface area contributed by atoms with E-state index in [0.29, 0.717) is 23.1 Å². The van der Waals surface area contributed by atoms with E-state index in [1.54, 1.807) is 30.3 Å². The highest BCUT2D eigenvalue weighted by atomic mass is 19.4. The molecule has 1 unspecified atom stereocenters. The Bertz CT molecular complexity index is 648. The van der Waals surface area contributed by atoms with Crippen molar-refractivity contribution in [2.75, 3.05) is 6.61 Å². The summed E-state index contributed by atoms with van der Waals surface area (Å²) in [6.45, 7) is 3.21. The number of fused-ring (bicyclic) bond motifs is 1. The molecule has 1 atom stereocenters. The Kier molecular flexibility index (Phi) is 4.66. The Morgan fingerprint density at radius 3 is 2.45 bits per heavy atom. The normalized spacial score (nSPS) is 14.8. The van der Waals surface area contributed by atoms with Crippen molar-refractivity contribution in [1.82, 2.24) is 0 Å². The van der Waals surface area contributed by atoms with Gasteiger partial charge in [0, 0.05) is 5.56 Å². The summed E-state index contributed by atoms with van der Waals surface area (Å²) < 4.78 is 45.1. The molecule has 2 nitrogen and oxygen atoms in total. The van der Waals surface area contributed by atoms with E-state index >= 15 is 0 Å². The highest BCUT2D eigenvalue weighted by Gasteiger charge is 2.52. The molecule has 0 aliphatic heterocycles. The number of halogens is 3. The van der Waals surface area contributed by atoms with Crippen molar-refractivity contribution in [3.63, 3.8) is 0 Å². The molecule has 0 spiro atoms. The van der Waals surface area contributed by atoms with Gasteiger partial charge in [-0.25, -0.2) is 0 Å². The molecule has 0 radical (unpaired) electrons. The van der Waals surface area contributed by atoms with Gasteiger partial charge in [0.2, 0.25) is 0 Å². The van der Waals surface area contributed by atoms with Gasteiger partial charge >= 0.3 is 6.18 Å². The first-order valence-corrected chi connectivity index (χ1v) is 7.22. The van der Waals surface area contributed by atoms with E-state index in [2.05, 4.69) is 0 Å². The molecule has 5 heteroatoms. The number of ether oxygens (including phenoxy) is 1. The molecule has 0 bridgehead atoms. The predicted octanol–water partition coefficient (Wildman–Crippen LogP) is 4.79. The maximum Gasteiger partial charge on any atom is 0.421 e. The fourth-order valence-electron chi connectivity index (χ4n) is 2.26. The van der Waals surface area contributed by atoms with E-state index in [9.17, 15) is 18.3 Å². The second kappa shape index (κ2) is 6.16. The molecule has 0 aliphatic rings. The lowest BCUT2D eigenvalue weighted by atomic mass is 9.90. The molecule has 2 rings (SSSR count). The second-order valence-electron chi connectivity index (χ2n) is 5.46. The van der Waals surface area contributed by atoms with E-state index < -0.39 is 11.8 Å². The molecule has 0 fully saturated rings. The minimum absolute atomic E-state index is 0.190. The Balaban J connectivity index is 2.55. The van der Waals surface area contributed by atoms with E-state index in [0.717, 1.165) is 19.8 Å². The van der Waals surface area contributed by atoms with Crippen LogP contribution in [0.25, 0.3) is 10.8 Å². The van der Waals surface area contributed by atoms with Crippen molar-refractivity contribution in [3.05, 3.63) is 42.0 Å². The Morgan fingerprint density at radius 1 is 1.14 bits per heavy atom. The highest BCUT2D eigenvalue weighted by Crippen LogP contribution is 2.42. The third-order valence-corrected chi connectivity index (χ3v) is 3.68. The van der Waals surface area contributed by atoms with Crippen LogP contribution in [0.3, 0.4) is 0 Å². The first kappa shape index (κ1) is 16.6. The van der Waals surface area contributed by atoms with Gasteiger partial charge in [-0.1, -0.05) is 37.6 Å². The van der Waals surface area contributed by atoms with Gasteiger partial charge in [-0.2, -0.15) is 13.2 Å². The van der Waals surface area contributed by atoms with Crippen LogP contribution in [0.2, 0.25) is 0 Å². The number of hydrogen-bond donors (Lipinski definition) is 1. The number of hydrogen-bond acceptors (Lipinski definition) is 2. The van der Waals surface area contributed by atoms with Crippen LogP contribution < -0.4 is 4.74 Å². The van der Waals surface area contributed by atoms with Crippen molar-refractivity contribution in [2.24, 2.45) is 0 Å². The summed E-state index contributed by atoms with van der Waals surface area (Å²) in [6, 6.07) is 9.64. The van der Waals surface area contributed by atoms with Crippen molar-refractivity contribution >= 4 is 10.8 Å². The molecular formula is C17H19F3O2. The molecule has 0 aliphatic carbocycles. The molecular weight excluding hydrogens is 293 g/mol. The van der Waals surface area contributed by atoms with Crippen LogP contribution in [0.4, 0.5) is 13.2 Å². The van der Waals surface area contributed by atoms with E-state index in [-0.39, 0.29) is 5.56 Å². The minimum Gasteiger partial charge on any atom is -0.494 e. The summed E-state index contributed by atoms with van der Waals surface area (Å²) in [7, 11) is 0. The van der Waals surface area contributed by atoms with Gasteiger partial charge in [0.05, 0.1) is 6.61 Å². The van der Waals surface area contributed by atoms with Gasteiger partial charge in [-0.3, -0.25) is 0 Å². The molecule has 2 aromatic rings. The third kappa shape index (κ3) is 3.19. The quantitative estimate of drug-likeness (QED) is 0.804. The van der Waals surface area contributed by atoms with Crippen molar-refractivity contribution in [3.8, 4) is 5.75 Å². The standard InChI is InChI=1S/C17H19F3O2/c1-3-4-9-22-13-10-12-7-5-6-8-14(12)15(11-13)16(2,21)17(18,19)20/h5-8,10-11,21H,3-4,9H2,1-2H3.